The van der Waals surface area contributed by atoms with E-state index in [0.29, 0.717) is 17.5 Å². The molecule has 702 valence electrons. The highest BCUT2D eigenvalue weighted by Crippen LogP contribution is 2.65. The van der Waals surface area contributed by atoms with Crippen LogP contribution in [0.2, 0.25) is 0 Å². The third-order valence-electron chi connectivity index (χ3n) is 30.4. The van der Waals surface area contributed by atoms with Crippen molar-refractivity contribution in [3.8, 4) is 213 Å². The molecular weight excluding hydrogens is 1810 g/mol. The normalized spacial score (nSPS) is 12.9. The Hall–Kier alpha value is -19.1. The Morgan fingerprint density at radius 3 is 0.906 bits per heavy atom. The van der Waals surface area contributed by atoms with Gasteiger partial charge in [-0.1, -0.05) is 446 Å². The van der Waals surface area contributed by atoms with Gasteiger partial charge in [0, 0.05) is 98.1 Å². The fourth-order valence-electron chi connectivity index (χ4n) is 23.2. The molecule has 1 spiro atoms. The van der Waals surface area contributed by atoms with Gasteiger partial charge in [-0.25, -0.2) is 29.9 Å². The smallest absolute Gasteiger partial charge is 0.160 e. The molecule has 9 nitrogen and oxygen atoms in total. The average Bonchev–Trinajstić information content (AvgIpc) is 1.50. The standard InChI is InChI=1S/C52H33N3.C46H33N3.C42H31N3/c1-2-13-36(14-3-1)51-54-48(35-28-26-34(27-29-35)39-17-12-30-53-33-39)32-49(55-51)38-16-10-15-37(31-38)40-21-11-25-47-50(40)43-20-6-9-24-46(43)52(47)44-22-7-4-18-41(44)42-19-5-8-23-45(42)52;1-46(2)41-24-22-35(27-40(41)39-23-21-31-10-6-7-16-38(31)44(39)46)34-13-8-14-36(26-34)43-28-42(48-45(49-43)33-11-4-3-5-12-33)32-19-17-30(18-20-32)37-15-9-25-47-29-37;1-42(2)36-18-7-6-16-35(36)40-34(17-9-19-37(40)42)31-13-8-14-32(25-31)39-26-38(44-41(45-39)30-11-4-3-5-12-30)29-22-20-28(21-23-29)33-15-10-24-43-27-33/h1-33H;3-29H,1-2H3;3-27H,1-2H3. The van der Waals surface area contributed by atoms with E-state index in [-0.39, 0.29) is 16.2 Å². The van der Waals surface area contributed by atoms with E-state index in [4.69, 9.17) is 29.9 Å². The van der Waals surface area contributed by atoms with E-state index < -0.39 is 0 Å². The average molecular weight is 1910 g/mol. The summed E-state index contributed by atoms with van der Waals surface area (Å²) in [7, 11) is 0. The summed E-state index contributed by atoms with van der Waals surface area (Å²) in [5.74, 6) is 2.12. The third kappa shape index (κ3) is 16.2. The van der Waals surface area contributed by atoms with Crippen LogP contribution in [0.5, 0.6) is 0 Å². The van der Waals surface area contributed by atoms with Gasteiger partial charge in [0.1, 0.15) is 0 Å². The number of hydrogen-bond donors (Lipinski definition) is 0. The molecule has 24 aromatic rings. The molecule has 4 aliphatic carbocycles. The van der Waals surface area contributed by atoms with Crippen LogP contribution >= 0.6 is 0 Å². The first-order valence-electron chi connectivity index (χ1n) is 50.9. The number of rotatable bonds is 15. The van der Waals surface area contributed by atoms with Gasteiger partial charge in [0.15, 0.2) is 17.5 Å². The van der Waals surface area contributed by atoms with Crippen molar-refractivity contribution in [3.63, 3.8) is 0 Å². The summed E-state index contributed by atoms with van der Waals surface area (Å²) in [6, 6.07) is 171. The van der Waals surface area contributed by atoms with Crippen LogP contribution < -0.4 is 0 Å². The second-order valence-electron chi connectivity index (χ2n) is 39.8. The van der Waals surface area contributed by atoms with Gasteiger partial charge >= 0.3 is 0 Å². The van der Waals surface area contributed by atoms with Gasteiger partial charge < -0.3 is 0 Å². The molecule has 149 heavy (non-hydrogen) atoms. The molecule has 0 N–H and O–H groups in total. The minimum atomic E-state index is -0.383. The fraction of sp³-hybridized carbons (Fsp3) is 0.0500. The second kappa shape index (κ2) is 37.6. The van der Waals surface area contributed by atoms with Crippen LogP contribution in [0.3, 0.4) is 0 Å². The minimum absolute atomic E-state index is 0.0434. The number of aromatic nitrogens is 9. The summed E-state index contributed by atoms with van der Waals surface area (Å²) in [5.41, 5.74) is 49.2. The van der Waals surface area contributed by atoms with E-state index in [1.54, 1.807) is 18.6 Å². The molecule has 9 heteroatoms. The van der Waals surface area contributed by atoms with E-state index in [1.165, 1.54) is 122 Å². The van der Waals surface area contributed by atoms with Crippen molar-refractivity contribution < 1.29 is 0 Å². The van der Waals surface area contributed by atoms with Crippen LogP contribution in [-0.2, 0) is 16.2 Å². The van der Waals surface area contributed by atoms with Crippen molar-refractivity contribution in [2.24, 2.45) is 0 Å². The van der Waals surface area contributed by atoms with E-state index in [2.05, 4.69) is 449 Å². The molecule has 6 aromatic heterocycles. The minimum Gasteiger partial charge on any atom is -0.264 e. The molecule has 0 amide bonds. The molecule has 0 saturated carbocycles. The first kappa shape index (κ1) is 90.0. The topological polar surface area (TPSA) is 116 Å². The number of benzene rings is 18. The highest BCUT2D eigenvalue weighted by atomic mass is 14.9. The summed E-state index contributed by atoms with van der Waals surface area (Å²) in [6.07, 6.45) is 11.1. The van der Waals surface area contributed by atoms with Gasteiger partial charge in [-0.15, -0.1) is 0 Å². The molecule has 0 atom stereocenters. The maximum absolute atomic E-state index is 5.20. The van der Waals surface area contributed by atoms with Crippen LogP contribution in [0.1, 0.15) is 72.2 Å². The quantitative estimate of drug-likeness (QED) is 0.0989. The number of pyridine rings is 3. The first-order valence-corrected chi connectivity index (χ1v) is 50.9. The zero-order valence-corrected chi connectivity index (χ0v) is 82.6. The van der Waals surface area contributed by atoms with Crippen LogP contribution in [0.25, 0.3) is 224 Å². The predicted octanol–water partition coefficient (Wildman–Crippen LogP) is 34.7. The van der Waals surface area contributed by atoms with E-state index >= 15 is 0 Å². The summed E-state index contributed by atoms with van der Waals surface area (Å²) < 4.78 is 0. The lowest BCUT2D eigenvalue weighted by molar-refractivity contribution is 0.660. The van der Waals surface area contributed by atoms with Gasteiger partial charge in [-0.2, -0.15) is 0 Å². The van der Waals surface area contributed by atoms with Gasteiger partial charge in [0.25, 0.3) is 0 Å². The molecule has 0 fully saturated rings. The molecule has 0 bridgehead atoms. The van der Waals surface area contributed by atoms with Gasteiger partial charge in [0.2, 0.25) is 0 Å². The Morgan fingerprint density at radius 1 is 0.161 bits per heavy atom. The number of fused-ring (bicyclic) bond motifs is 18. The zero-order valence-electron chi connectivity index (χ0n) is 82.6. The van der Waals surface area contributed by atoms with E-state index in [0.717, 1.165) is 129 Å². The Kier molecular flexibility index (Phi) is 22.7. The molecule has 0 aliphatic heterocycles. The molecule has 0 unspecified atom stereocenters. The van der Waals surface area contributed by atoms with Crippen molar-refractivity contribution in [2.45, 2.75) is 43.9 Å². The number of hydrogen-bond acceptors (Lipinski definition) is 9. The van der Waals surface area contributed by atoms with Crippen molar-refractivity contribution in [1.29, 1.82) is 0 Å². The third-order valence-corrected chi connectivity index (χ3v) is 30.4. The van der Waals surface area contributed by atoms with Gasteiger partial charge in [-0.3, -0.25) is 15.0 Å². The zero-order chi connectivity index (χ0) is 99.7. The number of nitrogens with zero attached hydrogens (tertiary/aromatic N) is 9. The lowest BCUT2D eigenvalue weighted by Crippen LogP contribution is -2.25. The Labute approximate surface area is 867 Å². The fourth-order valence-corrected chi connectivity index (χ4v) is 23.2. The largest absolute Gasteiger partial charge is 0.264 e. The second-order valence-corrected chi connectivity index (χ2v) is 39.8. The molecule has 0 radical (unpaired) electrons. The lowest BCUT2D eigenvalue weighted by atomic mass is 9.70. The van der Waals surface area contributed by atoms with E-state index in [9.17, 15) is 0 Å². The predicted molar refractivity (Wildman–Crippen MR) is 610 cm³/mol. The highest BCUT2D eigenvalue weighted by Gasteiger charge is 2.52. The highest BCUT2D eigenvalue weighted by molar-refractivity contribution is 6.03. The van der Waals surface area contributed by atoms with Crippen LogP contribution in [0, 0.1) is 0 Å². The Bertz CT molecular complexity index is 9230. The summed E-state index contributed by atoms with van der Waals surface area (Å²) >= 11 is 0. The van der Waals surface area contributed by atoms with Crippen molar-refractivity contribution in [2.75, 3.05) is 0 Å². The van der Waals surface area contributed by atoms with Crippen molar-refractivity contribution >= 4 is 10.8 Å². The summed E-state index contributed by atoms with van der Waals surface area (Å²) in [6.45, 7) is 9.37. The maximum atomic E-state index is 5.20. The van der Waals surface area contributed by atoms with Crippen molar-refractivity contribution in [3.05, 3.63) is 561 Å². The monoisotopic (exact) mass is 1900 g/mol. The Balaban J connectivity index is 0.000000114. The summed E-state index contributed by atoms with van der Waals surface area (Å²) in [5, 5.41) is 2.63. The molecule has 4 aliphatic rings. The molecule has 28 rings (SSSR count). The molecule has 18 aromatic carbocycles. The lowest BCUT2D eigenvalue weighted by Gasteiger charge is -2.30. The maximum Gasteiger partial charge on any atom is 0.160 e. The van der Waals surface area contributed by atoms with Crippen molar-refractivity contribution in [1.82, 2.24) is 44.9 Å². The van der Waals surface area contributed by atoms with Crippen LogP contribution in [0.15, 0.2) is 516 Å². The Morgan fingerprint density at radius 2 is 0.463 bits per heavy atom. The van der Waals surface area contributed by atoms with Crippen LogP contribution in [0.4, 0.5) is 0 Å². The van der Waals surface area contributed by atoms with Gasteiger partial charge in [0.05, 0.1) is 39.6 Å². The van der Waals surface area contributed by atoms with Gasteiger partial charge in [-0.05, 0) is 227 Å². The van der Waals surface area contributed by atoms with Crippen LogP contribution in [-0.4, -0.2) is 44.9 Å². The first-order chi connectivity index (χ1) is 73.4. The molecular formula is C140H97N9. The SMILES string of the molecule is CC1(C)c2ccc(-c3cccc(-c4cc(-c5ccc(-c6cccnc6)cc5)nc(-c5ccccc5)n4)c3)cc2-c2ccc3ccccc3c21.CC1(C)c2ccccc2-c2c(-c3cccc(-c4cc(-c5ccc(-c6cccnc6)cc5)nc(-c5ccccc5)n4)c3)cccc21.c1ccc(-c2nc(-c3ccc(-c4cccnc4)cc3)cc(-c3cccc(-c4cccc5c4-c4ccccc4C54c5ccccc5-c5ccccc54)c3)n2)cc1. The summed E-state index contributed by atoms with van der Waals surface area (Å²) in [4.78, 5) is 43.5. The molecule has 0 saturated heterocycles. The molecule has 6 heterocycles. The van der Waals surface area contributed by atoms with E-state index in [1.807, 2.05) is 91.4 Å².